The van der Waals surface area contributed by atoms with Crippen molar-refractivity contribution in [3.05, 3.63) is 66.6 Å². The van der Waals surface area contributed by atoms with Gasteiger partial charge in [-0.1, -0.05) is 42.1 Å². The number of thioether (sulfide) groups is 1. The van der Waals surface area contributed by atoms with E-state index in [9.17, 15) is 17.6 Å². The van der Waals surface area contributed by atoms with Crippen LogP contribution in [0.15, 0.2) is 75.7 Å². The largest absolute Gasteiger partial charge is 0.382 e. The second kappa shape index (κ2) is 8.36. The zero-order valence-corrected chi connectivity index (χ0v) is 16.0. The SMILES string of the molecule is Nc1nc(SCC(=O)Nc2ccccc2F)ncc1S(=O)(=O)c1ccccc1. The zero-order valence-electron chi connectivity index (χ0n) is 14.4. The van der Waals surface area contributed by atoms with Gasteiger partial charge in [0.2, 0.25) is 15.7 Å². The van der Waals surface area contributed by atoms with E-state index in [1.165, 1.54) is 30.3 Å². The van der Waals surface area contributed by atoms with Gasteiger partial charge >= 0.3 is 0 Å². The van der Waals surface area contributed by atoms with Crippen LogP contribution in [0.2, 0.25) is 0 Å². The first-order valence-corrected chi connectivity index (χ1v) is 10.4. The third-order valence-electron chi connectivity index (χ3n) is 3.58. The highest BCUT2D eigenvalue weighted by molar-refractivity contribution is 7.99. The quantitative estimate of drug-likeness (QED) is 0.467. The van der Waals surface area contributed by atoms with E-state index in [1.807, 2.05) is 0 Å². The Balaban J connectivity index is 1.69. The van der Waals surface area contributed by atoms with Crippen molar-refractivity contribution >= 4 is 39.0 Å². The van der Waals surface area contributed by atoms with Gasteiger partial charge in [0.15, 0.2) is 5.16 Å². The van der Waals surface area contributed by atoms with E-state index in [0.29, 0.717) is 0 Å². The van der Waals surface area contributed by atoms with Crippen molar-refractivity contribution < 1.29 is 17.6 Å². The molecule has 0 aliphatic heterocycles. The van der Waals surface area contributed by atoms with Gasteiger partial charge in [0.1, 0.15) is 16.5 Å². The van der Waals surface area contributed by atoms with Crippen molar-refractivity contribution in [2.45, 2.75) is 14.9 Å². The lowest BCUT2D eigenvalue weighted by molar-refractivity contribution is -0.113. The van der Waals surface area contributed by atoms with Crippen molar-refractivity contribution in [1.82, 2.24) is 9.97 Å². The minimum Gasteiger partial charge on any atom is -0.382 e. The Bertz CT molecular complexity index is 1110. The van der Waals surface area contributed by atoms with Crippen molar-refractivity contribution in [1.29, 1.82) is 0 Å². The number of nitrogen functional groups attached to an aromatic ring is 1. The van der Waals surface area contributed by atoms with Crippen LogP contribution < -0.4 is 11.1 Å². The summed E-state index contributed by atoms with van der Waals surface area (Å²) in [6.45, 7) is 0. The lowest BCUT2D eigenvalue weighted by Gasteiger charge is -2.08. The lowest BCUT2D eigenvalue weighted by atomic mass is 10.3. The maximum absolute atomic E-state index is 13.5. The van der Waals surface area contributed by atoms with Crippen LogP contribution in [0.5, 0.6) is 0 Å². The molecule has 0 aliphatic carbocycles. The van der Waals surface area contributed by atoms with E-state index in [2.05, 4.69) is 15.3 Å². The Morgan fingerprint density at radius 2 is 1.79 bits per heavy atom. The number of halogens is 1. The molecule has 0 fully saturated rings. The molecule has 3 rings (SSSR count). The molecule has 1 amide bonds. The van der Waals surface area contributed by atoms with E-state index in [-0.39, 0.29) is 32.2 Å². The van der Waals surface area contributed by atoms with Gasteiger partial charge in [-0.2, -0.15) is 0 Å². The molecular formula is C18H15FN4O3S2. The fourth-order valence-corrected chi connectivity index (χ4v) is 4.15. The number of nitrogens with zero attached hydrogens (tertiary/aromatic N) is 2. The molecule has 10 heteroatoms. The number of amides is 1. The summed E-state index contributed by atoms with van der Waals surface area (Å²) in [4.78, 5) is 19.7. The summed E-state index contributed by atoms with van der Waals surface area (Å²) in [6, 6.07) is 13.6. The zero-order chi connectivity index (χ0) is 20.1. The van der Waals surface area contributed by atoms with Gasteiger partial charge in [0.05, 0.1) is 22.5 Å². The van der Waals surface area contributed by atoms with Crippen LogP contribution in [0.4, 0.5) is 15.9 Å². The Morgan fingerprint density at radius 1 is 1.11 bits per heavy atom. The van der Waals surface area contributed by atoms with Crippen LogP contribution in [0.3, 0.4) is 0 Å². The minimum absolute atomic E-state index is 0.0674. The van der Waals surface area contributed by atoms with Crippen LogP contribution in [-0.4, -0.2) is 30.0 Å². The molecule has 2 aromatic carbocycles. The average Bonchev–Trinajstić information content (AvgIpc) is 2.69. The van der Waals surface area contributed by atoms with E-state index >= 15 is 0 Å². The van der Waals surface area contributed by atoms with E-state index in [1.54, 1.807) is 24.3 Å². The topological polar surface area (TPSA) is 115 Å². The highest BCUT2D eigenvalue weighted by Crippen LogP contribution is 2.25. The Hall–Kier alpha value is -2.98. The molecule has 0 spiro atoms. The van der Waals surface area contributed by atoms with E-state index < -0.39 is 21.6 Å². The lowest BCUT2D eigenvalue weighted by Crippen LogP contribution is -2.15. The fourth-order valence-electron chi connectivity index (χ4n) is 2.25. The summed E-state index contributed by atoms with van der Waals surface area (Å²) in [5.41, 5.74) is 5.87. The number of nitrogens with one attached hydrogen (secondary N) is 1. The molecule has 0 bridgehead atoms. The maximum Gasteiger partial charge on any atom is 0.234 e. The summed E-state index contributed by atoms with van der Waals surface area (Å²) in [5, 5.41) is 2.57. The number of carbonyl (C=O) groups is 1. The number of hydrogen-bond donors (Lipinski definition) is 2. The smallest absolute Gasteiger partial charge is 0.234 e. The molecule has 0 atom stereocenters. The molecule has 0 unspecified atom stereocenters. The predicted molar refractivity (Wildman–Crippen MR) is 104 cm³/mol. The van der Waals surface area contributed by atoms with Crippen molar-refractivity contribution in [3.8, 4) is 0 Å². The second-order valence-electron chi connectivity index (χ2n) is 5.54. The number of nitrogens with two attached hydrogens (primary N) is 1. The average molecular weight is 418 g/mol. The van der Waals surface area contributed by atoms with Crippen LogP contribution in [0, 0.1) is 5.82 Å². The first-order valence-electron chi connectivity index (χ1n) is 7.98. The van der Waals surface area contributed by atoms with Crippen LogP contribution in [-0.2, 0) is 14.6 Å². The minimum atomic E-state index is -3.84. The molecule has 0 aliphatic rings. The standard InChI is InChI=1S/C18H15FN4O3S2/c19-13-8-4-5-9-14(13)22-16(24)11-27-18-21-10-15(17(20)23-18)28(25,26)12-6-2-1-3-7-12/h1-10H,11H2,(H,22,24)(H2,20,21,23). The van der Waals surface area contributed by atoms with Crippen molar-refractivity contribution in [2.75, 3.05) is 16.8 Å². The molecule has 0 radical (unpaired) electrons. The van der Waals surface area contributed by atoms with Crippen LogP contribution in [0.25, 0.3) is 0 Å². The van der Waals surface area contributed by atoms with Gasteiger partial charge in [-0.05, 0) is 24.3 Å². The molecular weight excluding hydrogens is 403 g/mol. The van der Waals surface area contributed by atoms with Crippen LogP contribution in [0.1, 0.15) is 0 Å². The molecule has 7 nitrogen and oxygen atoms in total. The Kier molecular flexibility index (Phi) is 5.90. The molecule has 28 heavy (non-hydrogen) atoms. The molecule has 144 valence electrons. The molecule has 0 saturated heterocycles. The number of benzene rings is 2. The first kappa shape index (κ1) is 19.8. The third-order valence-corrected chi connectivity index (χ3v) is 6.23. The molecule has 3 N–H and O–H groups in total. The summed E-state index contributed by atoms with van der Waals surface area (Å²) in [5.74, 6) is -1.32. The first-order chi connectivity index (χ1) is 13.4. The summed E-state index contributed by atoms with van der Waals surface area (Å²) in [7, 11) is -3.84. The third kappa shape index (κ3) is 4.46. The van der Waals surface area contributed by atoms with Gasteiger partial charge < -0.3 is 11.1 Å². The Labute approximate surface area is 165 Å². The predicted octanol–water partition coefficient (Wildman–Crippen LogP) is 2.76. The molecule has 1 aromatic heterocycles. The second-order valence-corrected chi connectivity index (χ2v) is 8.40. The van der Waals surface area contributed by atoms with E-state index in [0.717, 1.165) is 18.0 Å². The van der Waals surface area contributed by atoms with Gasteiger partial charge in [-0.25, -0.2) is 22.8 Å². The van der Waals surface area contributed by atoms with Crippen LogP contribution >= 0.6 is 11.8 Å². The molecule has 3 aromatic rings. The molecule has 1 heterocycles. The Morgan fingerprint density at radius 3 is 2.46 bits per heavy atom. The number of carbonyl (C=O) groups excluding carboxylic acids is 1. The van der Waals surface area contributed by atoms with Gasteiger partial charge in [0.25, 0.3) is 0 Å². The monoisotopic (exact) mass is 418 g/mol. The number of para-hydroxylation sites is 1. The van der Waals surface area contributed by atoms with Crippen molar-refractivity contribution in [3.63, 3.8) is 0 Å². The van der Waals surface area contributed by atoms with Gasteiger partial charge in [-0.15, -0.1) is 0 Å². The number of aromatic nitrogens is 2. The van der Waals surface area contributed by atoms with E-state index in [4.69, 9.17) is 5.73 Å². The summed E-state index contributed by atoms with van der Waals surface area (Å²) in [6.07, 6.45) is 1.11. The highest BCUT2D eigenvalue weighted by Gasteiger charge is 2.22. The number of sulfone groups is 1. The number of rotatable bonds is 6. The van der Waals surface area contributed by atoms with Gasteiger partial charge in [-0.3, -0.25) is 4.79 Å². The molecule has 0 saturated carbocycles. The summed E-state index contributed by atoms with van der Waals surface area (Å²) < 4.78 is 38.7. The normalized spacial score (nSPS) is 11.2. The maximum atomic E-state index is 13.5. The highest BCUT2D eigenvalue weighted by atomic mass is 32.2. The summed E-state index contributed by atoms with van der Waals surface area (Å²) >= 11 is 0.951. The number of anilines is 2. The van der Waals surface area contributed by atoms with Gasteiger partial charge in [0, 0.05) is 0 Å². The fraction of sp³-hybridized carbons (Fsp3) is 0.0556. The van der Waals surface area contributed by atoms with Crippen molar-refractivity contribution in [2.24, 2.45) is 0 Å². The number of hydrogen-bond acceptors (Lipinski definition) is 7.